The Morgan fingerprint density at radius 3 is 2.35 bits per heavy atom. The molecular formula is C28H28F5N3O. The van der Waals surface area contributed by atoms with Crippen LogP contribution in [0.25, 0.3) is 0 Å². The maximum absolute atomic E-state index is 15.7. The minimum Gasteiger partial charge on any atom is -0.508 e. The Hall–Kier alpha value is -3.33. The molecule has 0 aliphatic carbocycles. The number of alkyl halides is 1. The molecule has 0 aromatic heterocycles. The van der Waals surface area contributed by atoms with Crippen molar-refractivity contribution in [1.29, 1.82) is 0 Å². The summed E-state index contributed by atoms with van der Waals surface area (Å²) >= 11 is 0. The maximum Gasteiger partial charge on any atom is 0.149 e. The molecule has 3 aromatic carbocycles. The number of hydrogen-bond acceptors (Lipinski definition) is 4. The fourth-order valence-corrected chi connectivity index (χ4v) is 5.51. The Balaban J connectivity index is 1.52. The van der Waals surface area contributed by atoms with Crippen LogP contribution in [0.2, 0.25) is 0 Å². The summed E-state index contributed by atoms with van der Waals surface area (Å²) < 4.78 is 72.4. The first kappa shape index (κ1) is 25.3. The smallest absolute Gasteiger partial charge is 0.149 e. The third-order valence-corrected chi connectivity index (χ3v) is 7.17. The van der Waals surface area contributed by atoms with E-state index in [-0.39, 0.29) is 35.4 Å². The van der Waals surface area contributed by atoms with Crippen LogP contribution in [0.3, 0.4) is 0 Å². The van der Waals surface area contributed by atoms with Gasteiger partial charge in [0.1, 0.15) is 29.0 Å². The first-order valence-corrected chi connectivity index (χ1v) is 12.3. The van der Waals surface area contributed by atoms with E-state index in [4.69, 9.17) is 0 Å². The third-order valence-electron chi connectivity index (χ3n) is 7.17. The molecule has 2 heterocycles. The second-order valence-corrected chi connectivity index (χ2v) is 9.84. The van der Waals surface area contributed by atoms with Crippen molar-refractivity contribution in [2.45, 2.75) is 37.9 Å². The zero-order chi connectivity index (χ0) is 26.3. The summed E-state index contributed by atoms with van der Waals surface area (Å²) in [6.45, 7) is 3.35. The summed E-state index contributed by atoms with van der Waals surface area (Å²) in [6.07, 6.45) is 0.843. The number of nitrogens with zero attached hydrogens (tertiary/aromatic N) is 2. The van der Waals surface area contributed by atoms with E-state index in [1.165, 1.54) is 24.3 Å². The molecule has 4 nitrogen and oxygen atoms in total. The van der Waals surface area contributed by atoms with Gasteiger partial charge in [-0.05, 0) is 67.3 Å². The number of halogens is 5. The van der Waals surface area contributed by atoms with E-state index in [1.54, 1.807) is 24.0 Å². The average Bonchev–Trinajstić information content (AvgIpc) is 2.80. The number of nitrogens with one attached hydrogen (secondary N) is 1. The van der Waals surface area contributed by atoms with Crippen molar-refractivity contribution >= 4 is 11.4 Å². The van der Waals surface area contributed by atoms with E-state index in [9.17, 15) is 18.3 Å². The summed E-state index contributed by atoms with van der Waals surface area (Å²) in [6, 6.07) is 8.68. The Bertz CT molecular complexity index is 1270. The van der Waals surface area contributed by atoms with Crippen molar-refractivity contribution in [3.8, 4) is 5.75 Å². The van der Waals surface area contributed by atoms with Gasteiger partial charge in [-0.15, -0.1) is 0 Å². The van der Waals surface area contributed by atoms with Gasteiger partial charge in [0, 0.05) is 37.4 Å². The lowest BCUT2D eigenvalue weighted by atomic mass is 9.84. The molecule has 0 radical (unpaired) electrons. The monoisotopic (exact) mass is 517 g/mol. The van der Waals surface area contributed by atoms with Crippen LogP contribution >= 0.6 is 0 Å². The number of fused-ring (bicyclic) bond motifs is 1. The van der Waals surface area contributed by atoms with E-state index in [0.29, 0.717) is 43.6 Å². The summed E-state index contributed by atoms with van der Waals surface area (Å²) in [7, 11) is 0. The number of hydrogen-bond donors (Lipinski definition) is 2. The summed E-state index contributed by atoms with van der Waals surface area (Å²) in [5.41, 5.74) is 1.27. The van der Waals surface area contributed by atoms with Gasteiger partial charge in [0.05, 0.1) is 30.0 Å². The van der Waals surface area contributed by atoms with Gasteiger partial charge in [-0.1, -0.05) is 6.07 Å². The van der Waals surface area contributed by atoms with Crippen molar-refractivity contribution in [3.63, 3.8) is 0 Å². The number of likely N-dealkylation sites (tertiary alicyclic amines) is 1. The predicted octanol–water partition coefficient (Wildman–Crippen LogP) is 5.94. The van der Waals surface area contributed by atoms with Gasteiger partial charge >= 0.3 is 0 Å². The number of phenols is 1. The molecule has 0 unspecified atom stereocenters. The number of benzene rings is 3. The van der Waals surface area contributed by atoms with E-state index in [2.05, 4.69) is 10.2 Å². The van der Waals surface area contributed by atoms with Crippen LogP contribution in [-0.2, 0) is 6.42 Å². The zero-order valence-electron chi connectivity index (χ0n) is 20.3. The van der Waals surface area contributed by atoms with Crippen molar-refractivity contribution in [1.82, 2.24) is 4.90 Å². The van der Waals surface area contributed by atoms with Gasteiger partial charge in [-0.25, -0.2) is 17.6 Å². The van der Waals surface area contributed by atoms with E-state index < -0.39 is 35.4 Å². The molecule has 0 amide bonds. The van der Waals surface area contributed by atoms with E-state index >= 15 is 8.78 Å². The van der Waals surface area contributed by atoms with Crippen LogP contribution in [0.5, 0.6) is 5.75 Å². The molecule has 0 bridgehead atoms. The molecule has 196 valence electrons. The predicted molar refractivity (Wildman–Crippen MR) is 133 cm³/mol. The third kappa shape index (κ3) is 4.97. The lowest BCUT2D eigenvalue weighted by molar-refractivity contribution is 0.155. The Morgan fingerprint density at radius 2 is 1.68 bits per heavy atom. The van der Waals surface area contributed by atoms with E-state index in [0.717, 1.165) is 12.1 Å². The molecule has 5 rings (SSSR count). The molecule has 37 heavy (non-hydrogen) atoms. The normalized spacial score (nSPS) is 20.0. The van der Waals surface area contributed by atoms with Crippen LogP contribution in [0, 0.1) is 23.3 Å². The lowest BCUT2D eigenvalue weighted by Gasteiger charge is -2.44. The second kappa shape index (κ2) is 10.2. The Morgan fingerprint density at radius 1 is 0.946 bits per heavy atom. The number of phenolic OH excluding ortho intramolecular Hbond substituents is 1. The minimum absolute atomic E-state index is 0.00697. The molecular weight excluding hydrogens is 489 g/mol. The summed E-state index contributed by atoms with van der Waals surface area (Å²) in [5, 5.41) is 13.1. The first-order chi connectivity index (χ1) is 17.7. The molecule has 2 N–H and O–H groups in total. The van der Waals surface area contributed by atoms with Crippen molar-refractivity contribution in [2.75, 3.05) is 36.5 Å². The van der Waals surface area contributed by atoms with Crippen LogP contribution in [0.4, 0.5) is 33.3 Å². The molecule has 9 heteroatoms. The highest BCUT2D eigenvalue weighted by Crippen LogP contribution is 2.44. The standard InChI is InChI=1S/C28H28F5N3O/c1-16-9-17-10-21(37)4-5-22(17)28(36(16)26-6-3-18(30)11-23(26)31)27-24(32)12-19(13-25(27)33)34-20-14-35(15-20)8-2-7-29/h3-6,10-13,16,20,28,34,37H,2,7-9,14-15H2,1H3/t16-,28+/m1/s1. The van der Waals surface area contributed by atoms with Crippen molar-refractivity contribution < 1.29 is 27.1 Å². The summed E-state index contributed by atoms with van der Waals surface area (Å²) in [4.78, 5) is 3.63. The Kier molecular flexibility index (Phi) is 6.98. The van der Waals surface area contributed by atoms with E-state index in [1.807, 2.05) is 0 Å². The second-order valence-electron chi connectivity index (χ2n) is 9.84. The topological polar surface area (TPSA) is 38.7 Å². The van der Waals surface area contributed by atoms with Crippen LogP contribution in [0.15, 0.2) is 48.5 Å². The fourth-order valence-electron chi connectivity index (χ4n) is 5.51. The Labute approximate surface area is 212 Å². The number of rotatable bonds is 7. The quantitative estimate of drug-likeness (QED) is 0.381. The molecule has 1 fully saturated rings. The SMILES string of the molecule is C[C@@H]1Cc2cc(O)ccc2[C@@H](c2c(F)cc(NC3CN(CCCF)C3)cc2F)N1c1ccc(F)cc1F. The highest BCUT2D eigenvalue weighted by atomic mass is 19.1. The number of anilines is 2. The molecule has 2 aliphatic rings. The molecule has 3 aromatic rings. The zero-order valence-corrected chi connectivity index (χ0v) is 20.3. The van der Waals surface area contributed by atoms with Gasteiger partial charge in [-0.2, -0.15) is 0 Å². The van der Waals surface area contributed by atoms with Gasteiger partial charge in [0.2, 0.25) is 0 Å². The lowest BCUT2D eigenvalue weighted by Crippen LogP contribution is -2.54. The van der Waals surface area contributed by atoms with Crippen LogP contribution in [0.1, 0.15) is 36.1 Å². The average molecular weight is 518 g/mol. The minimum atomic E-state index is -1.05. The number of aromatic hydroxyl groups is 1. The van der Waals surface area contributed by atoms with Gasteiger partial charge in [0.15, 0.2) is 0 Å². The molecule has 2 atom stereocenters. The fraction of sp³-hybridized carbons (Fsp3) is 0.357. The van der Waals surface area contributed by atoms with Gasteiger partial charge in [0.25, 0.3) is 0 Å². The molecule has 0 saturated carbocycles. The highest BCUT2D eigenvalue weighted by molar-refractivity contribution is 5.60. The maximum atomic E-state index is 15.7. The molecule has 2 aliphatic heterocycles. The van der Waals surface area contributed by atoms with Crippen LogP contribution in [-0.4, -0.2) is 48.4 Å². The molecule has 1 saturated heterocycles. The summed E-state index contributed by atoms with van der Waals surface area (Å²) in [5.74, 6) is -3.17. The molecule has 0 spiro atoms. The van der Waals surface area contributed by atoms with Gasteiger partial charge < -0.3 is 15.3 Å². The van der Waals surface area contributed by atoms with Crippen LogP contribution < -0.4 is 10.2 Å². The highest BCUT2D eigenvalue weighted by Gasteiger charge is 2.38. The van der Waals surface area contributed by atoms with Crippen molar-refractivity contribution in [2.24, 2.45) is 0 Å². The first-order valence-electron chi connectivity index (χ1n) is 12.3. The largest absolute Gasteiger partial charge is 0.508 e. The van der Waals surface area contributed by atoms with Gasteiger partial charge in [-0.3, -0.25) is 9.29 Å². The van der Waals surface area contributed by atoms with Crippen molar-refractivity contribution in [3.05, 3.63) is 88.5 Å².